The van der Waals surface area contributed by atoms with E-state index in [2.05, 4.69) is 10.5 Å². The minimum atomic E-state index is -0.349. The van der Waals surface area contributed by atoms with Crippen molar-refractivity contribution in [1.82, 2.24) is 15.2 Å². The fraction of sp³-hybridized carbons (Fsp3) is 0.400. The fourth-order valence-corrected chi connectivity index (χ4v) is 2.38. The van der Waals surface area contributed by atoms with Crippen LogP contribution in [0.15, 0.2) is 24.3 Å². The SMILES string of the molecule is CCc1cc(C(Cc2cccc(OC)c2F)NN)n(C)n1. The Kier molecular flexibility index (Phi) is 4.93. The smallest absolute Gasteiger partial charge is 0.168 e. The molecule has 0 aliphatic rings. The van der Waals surface area contributed by atoms with E-state index >= 15 is 0 Å². The van der Waals surface area contributed by atoms with Gasteiger partial charge in [0.15, 0.2) is 11.6 Å². The lowest BCUT2D eigenvalue weighted by atomic mass is 10.0. The van der Waals surface area contributed by atoms with Gasteiger partial charge < -0.3 is 4.74 Å². The van der Waals surface area contributed by atoms with Crippen LogP contribution in [0.2, 0.25) is 0 Å². The maximum Gasteiger partial charge on any atom is 0.168 e. The maximum absolute atomic E-state index is 14.2. The van der Waals surface area contributed by atoms with Gasteiger partial charge in [-0.1, -0.05) is 19.1 Å². The Morgan fingerprint density at radius 2 is 2.24 bits per heavy atom. The molecular formula is C15H21FN4O. The first-order valence-electron chi connectivity index (χ1n) is 6.91. The van der Waals surface area contributed by atoms with Crippen molar-refractivity contribution in [3.63, 3.8) is 0 Å². The summed E-state index contributed by atoms with van der Waals surface area (Å²) in [5.41, 5.74) is 5.21. The molecule has 2 aromatic rings. The first-order chi connectivity index (χ1) is 10.1. The van der Waals surface area contributed by atoms with Gasteiger partial charge in [-0.05, 0) is 30.5 Å². The van der Waals surface area contributed by atoms with Crippen LogP contribution in [0.25, 0.3) is 0 Å². The van der Waals surface area contributed by atoms with Crippen LogP contribution in [0.5, 0.6) is 5.75 Å². The first kappa shape index (κ1) is 15.5. The van der Waals surface area contributed by atoms with Gasteiger partial charge >= 0.3 is 0 Å². The average Bonchev–Trinajstić information content (AvgIpc) is 2.87. The molecule has 0 aliphatic heterocycles. The third-order valence-corrected chi connectivity index (χ3v) is 3.57. The number of hydrazine groups is 1. The molecule has 0 bridgehead atoms. The Morgan fingerprint density at radius 1 is 1.48 bits per heavy atom. The standard InChI is InChI=1S/C15H21FN4O/c1-4-11-9-13(20(2)19-11)12(18-17)8-10-6-5-7-14(21-3)15(10)16/h5-7,9,12,18H,4,8,17H2,1-3H3. The van der Waals surface area contributed by atoms with Gasteiger partial charge in [0.1, 0.15) is 0 Å². The van der Waals surface area contributed by atoms with Crippen molar-refractivity contribution in [1.29, 1.82) is 0 Å². The van der Waals surface area contributed by atoms with E-state index in [0.29, 0.717) is 12.0 Å². The molecule has 0 aliphatic carbocycles. The van der Waals surface area contributed by atoms with Crippen molar-refractivity contribution >= 4 is 0 Å². The van der Waals surface area contributed by atoms with Crippen molar-refractivity contribution in [2.24, 2.45) is 12.9 Å². The van der Waals surface area contributed by atoms with E-state index in [0.717, 1.165) is 17.8 Å². The van der Waals surface area contributed by atoms with Crippen LogP contribution in [0.3, 0.4) is 0 Å². The second-order valence-electron chi connectivity index (χ2n) is 4.89. The Hall–Kier alpha value is -1.92. The van der Waals surface area contributed by atoms with Gasteiger partial charge in [-0.2, -0.15) is 5.10 Å². The van der Waals surface area contributed by atoms with Gasteiger partial charge in [0.2, 0.25) is 0 Å². The van der Waals surface area contributed by atoms with Crippen molar-refractivity contribution < 1.29 is 9.13 Å². The van der Waals surface area contributed by atoms with Gasteiger partial charge in [0, 0.05) is 7.05 Å². The van der Waals surface area contributed by atoms with E-state index < -0.39 is 0 Å². The lowest BCUT2D eigenvalue weighted by Gasteiger charge is -2.17. The van der Waals surface area contributed by atoms with Gasteiger partial charge in [0.25, 0.3) is 0 Å². The normalized spacial score (nSPS) is 12.4. The fourth-order valence-electron chi connectivity index (χ4n) is 2.38. The third-order valence-electron chi connectivity index (χ3n) is 3.57. The number of rotatable bonds is 6. The molecule has 1 aromatic heterocycles. The molecule has 21 heavy (non-hydrogen) atoms. The third kappa shape index (κ3) is 3.22. The van der Waals surface area contributed by atoms with Crippen molar-refractivity contribution in [3.8, 4) is 5.75 Å². The van der Waals surface area contributed by atoms with Crippen LogP contribution >= 0.6 is 0 Å². The first-order valence-corrected chi connectivity index (χ1v) is 6.91. The summed E-state index contributed by atoms with van der Waals surface area (Å²) >= 11 is 0. The Bertz CT molecular complexity index is 612. The summed E-state index contributed by atoms with van der Waals surface area (Å²) in [5.74, 6) is 5.54. The molecule has 5 nitrogen and oxygen atoms in total. The summed E-state index contributed by atoms with van der Waals surface area (Å²) in [5, 5.41) is 4.40. The van der Waals surface area contributed by atoms with Crippen LogP contribution in [0.1, 0.15) is 29.9 Å². The summed E-state index contributed by atoms with van der Waals surface area (Å²) < 4.78 is 21.0. The van der Waals surface area contributed by atoms with Gasteiger partial charge in [-0.15, -0.1) is 0 Å². The van der Waals surface area contributed by atoms with Crippen molar-refractivity contribution in [2.45, 2.75) is 25.8 Å². The molecule has 0 fully saturated rings. The quantitative estimate of drug-likeness (QED) is 0.630. The molecule has 114 valence electrons. The molecule has 0 amide bonds. The minimum Gasteiger partial charge on any atom is -0.494 e. The molecule has 1 heterocycles. The number of nitrogens with one attached hydrogen (secondary N) is 1. The number of nitrogens with zero attached hydrogens (tertiary/aromatic N) is 2. The monoisotopic (exact) mass is 292 g/mol. The van der Waals surface area contributed by atoms with Crippen molar-refractivity contribution in [3.05, 3.63) is 47.0 Å². The molecule has 0 saturated heterocycles. The van der Waals surface area contributed by atoms with E-state index in [4.69, 9.17) is 10.6 Å². The topological polar surface area (TPSA) is 65.1 Å². The highest BCUT2D eigenvalue weighted by molar-refractivity contribution is 5.32. The number of hydrogen-bond acceptors (Lipinski definition) is 4. The number of aromatic nitrogens is 2. The molecule has 0 spiro atoms. The highest BCUT2D eigenvalue weighted by Gasteiger charge is 2.19. The minimum absolute atomic E-state index is 0.218. The maximum atomic E-state index is 14.2. The number of hydrogen-bond donors (Lipinski definition) is 2. The number of methoxy groups -OCH3 is 1. The second-order valence-corrected chi connectivity index (χ2v) is 4.89. The zero-order chi connectivity index (χ0) is 15.4. The molecule has 0 radical (unpaired) electrons. The van der Waals surface area contributed by atoms with Crippen LogP contribution in [0, 0.1) is 5.82 Å². The summed E-state index contributed by atoms with van der Waals surface area (Å²) in [6, 6.07) is 6.88. The Morgan fingerprint density at radius 3 is 2.81 bits per heavy atom. The molecular weight excluding hydrogens is 271 g/mol. The number of ether oxygens (including phenoxy) is 1. The van der Waals surface area contributed by atoms with Crippen molar-refractivity contribution in [2.75, 3.05) is 7.11 Å². The molecule has 3 N–H and O–H groups in total. The highest BCUT2D eigenvalue weighted by Crippen LogP contribution is 2.25. The molecule has 2 rings (SSSR count). The summed E-state index contributed by atoms with van der Waals surface area (Å²) in [6.07, 6.45) is 1.26. The number of benzene rings is 1. The zero-order valence-electron chi connectivity index (χ0n) is 12.6. The van der Waals surface area contributed by atoms with E-state index in [-0.39, 0.29) is 17.6 Å². The van der Waals surface area contributed by atoms with E-state index in [9.17, 15) is 4.39 Å². The molecule has 1 unspecified atom stereocenters. The molecule has 1 atom stereocenters. The number of halogens is 1. The van der Waals surface area contributed by atoms with Crippen LogP contribution in [-0.4, -0.2) is 16.9 Å². The van der Waals surface area contributed by atoms with Crippen LogP contribution < -0.4 is 16.0 Å². The average molecular weight is 292 g/mol. The predicted octanol–water partition coefficient (Wildman–Crippen LogP) is 1.88. The van der Waals surface area contributed by atoms with Gasteiger partial charge in [-0.3, -0.25) is 16.0 Å². The zero-order valence-corrected chi connectivity index (χ0v) is 12.6. The lowest BCUT2D eigenvalue weighted by Crippen LogP contribution is -2.31. The molecule has 6 heteroatoms. The number of nitrogens with two attached hydrogens (primary N) is 1. The van der Waals surface area contributed by atoms with Gasteiger partial charge in [-0.25, -0.2) is 4.39 Å². The second kappa shape index (κ2) is 6.69. The predicted molar refractivity (Wildman–Crippen MR) is 79.3 cm³/mol. The van der Waals surface area contributed by atoms with E-state index in [1.807, 2.05) is 20.0 Å². The largest absolute Gasteiger partial charge is 0.494 e. The number of aryl methyl sites for hydroxylation is 2. The van der Waals surface area contributed by atoms with Crippen LogP contribution in [0.4, 0.5) is 4.39 Å². The summed E-state index contributed by atoms with van der Waals surface area (Å²) in [4.78, 5) is 0. The van der Waals surface area contributed by atoms with E-state index in [1.165, 1.54) is 7.11 Å². The van der Waals surface area contributed by atoms with E-state index in [1.54, 1.807) is 22.9 Å². The lowest BCUT2D eigenvalue weighted by molar-refractivity contribution is 0.382. The van der Waals surface area contributed by atoms with Gasteiger partial charge in [0.05, 0.1) is 24.5 Å². The highest BCUT2D eigenvalue weighted by atomic mass is 19.1. The Balaban J connectivity index is 2.29. The summed E-state index contributed by atoms with van der Waals surface area (Å²) in [6.45, 7) is 2.04. The molecule has 0 saturated carbocycles. The Labute approximate surface area is 123 Å². The summed E-state index contributed by atoms with van der Waals surface area (Å²) in [7, 11) is 3.32. The molecule has 1 aromatic carbocycles. The van der Waals surface area contributed by atoms with Crippen LogP contribution in [-0.2, 0) is 19.9 Å².